The number of hydrogen-bond acceptors (Lipinski definition) is 6. The second kappa shape index (κ2) is 5.24. The third kappa shape index (κ3) is 2.15. The fraction of sp³-hybridized carbons (Fsp3) is 0.200. The molecular formula is C15H13N7O. The highest BCUT2D eigenvalue weighted by Gasteiger charge is 2.19. The van der Waals surface area contributed by atoms with Crippen LogP contribution in [0.4, 0.5) is 0 Å². The summed E-state index contributed by atoms with van der Waals surface area (Å²) in [4.78, 5) is 33.8. The predicted molar refractivity (Wildman–Crippen MR) is 83.0 cm³/mol. The van der Waals surface area contributed by atoms with Gasteiger partial charge in [-0.2, -0.15) is 0 Å². The first-order valence-electron chi connectivity index (χ1n) is 7.25. The van der Waals surface area contributed by atoms with Crippen LogP contribution in [-0.4, -0.2) is 33.9 Å². The fourth-order valence-electron chi connectivity index (χ4n) is 2.65. The number of fused-ring (bicyclic) bond motifs is 2. The normalized spacial score (nSPS) is 12.7. The Labute approximate surface area is 130 Å². The zero-order valence-corrected chi connectivity index (χ0v) is 12.4. The van der Waals surface area contributed by atoms with Gasteiger partial charge in [0.2, 0.25) is 5.78 Å². The predicted octanol–water partition coefficient (Wildman–Crippen LogP) is 1.23. The summed E-state index contributed by atoms with van der Waals surface area (Å²) >= 11 is 0. The van der Waals surface area contributed by atoms with Gasteiger partial charge in [0, 0.05) is 31.0 Å². The summed E-state index contributed by atoms with van der Waals surface area (Å²) in [5.41, 5.74) is 1.15. The first-order chi connectivity index (χ1) is 11.3. The zero-order valence-electron chi connectivity index (χ0n) is 12.4. The molecule has 4 rings (SSSR count). The molecule has 0 spiro atoms. The minimum atomic E-state index is -0.233. The maximum Gasteiger partial charge on any atom is 0.282 e. The fourth-order valence-corrected chi connectivity index (χ4v) is 2.65. The lowest BCUT2D eigenvalue weighted by Crippen LogP contribution is -2.26. The zero-order chi connectivity index (χ0) is 15.8. The van der Waals surface area contributed by atoms with Crippen molar-refractivity contribution in [1.82, 2.24) is 33.9 Å². The third-order valence-electron chi connectivity index (χ3n) is 3.74. The lowest BCUT2D eigenvalue weighted by molar-refractivity contribution is 0.532. The van der Waals surface area contributed by atoms with Crippen molar-refractivity contribution in [3.63, 3.8) is 0 Å². The van der Waals surface area contributed by atoms with Gasteiger partial charge >= 0.3 is 0 Å². The van der Waals surface area contributed by atoms with Gasteiger partial charge in [-0.05, 0) is 12.5 Å². The molecule has 8 heteroatoms. The number of rotatable bonds is 3. The van der Waals surface area contributed by atoms with E-state index in [1.54, 1.807) is 10.8 Å². The summed E-state index contributed by atoms with van der Waals surface area (Å²) in [5.74, 6) is 0.600. The van der Waals surface area contributed by atoms with Crippen molar-refractivity contribution in [3.05, 3.63) is 59.4 Å². The smallest absolute Gasteiger partial charge is 0.282 e. The van der Waals surface area contributed by atoms with E-state index in [-0.39, 0.29) is 17.1 Å². The molecule has 8 nitrogen and oxygen atoms in total. The SMILES string of the molecule is CC[C@@H](c1cn2cccnc2n1)n1cnc2nccnc2c1=O. The van der Waals surface area contributed by atoms with Crippen molar-refractivity contribution < 1.29 is 0 Å². The highest BCUT2D eigenvalue weighted by molar-refractivity contribution is 5.67. The Bertz CT molecular complexity index is 1020. The molecule has 0 aliphatic rings. The van der Waals surface area contributed by atoms with Crippen molar-refractivity contribution >= 4 is 16.9 Å². The first-order valence-corrected chi connectivity index (χ1v) is 7.25. The summed E-state index contributed by atoms with van der Waals surface area (Å²) < 4.78 is 3.39. The van der Waals surface area contributed by atoms with E-state index in [2.05, 4.69) is 24.9 Å². The van der Waals surface area contributed by atoms with Gasteiger partial charge < -0.3 is 0 Å². The van der Waals surface area contributed by atoms with E-state index in [1.165, 1.54) is 18.7 Å². The molecule has 0 saturated carbocycles. The number of nitrogens with zero attached hydrogens (tertiary/aromatic N) is 7. The Morgan fingerprint density at radius 3 is 2.83 bits per heavy atom. The van der Waals surface area contributed by atoms with Crippen LogP contribution in [-0.2, 0) is 0 Å². The minimum Gasteiger partial charge on any atom is -0.291 e. The standard InChI is InChI=1S/C15H13N7O/c1-2-11(10-8-21-7-3-4-18-15(21)20-10)22-9-19-13-12(14(22)23)16-5-6-17-13/h3-9,11H,2H2,1H3/t11-/m0/s1. The Hall–Kier alpha value is -3.16. The molecule has 0 radical (unpaired) electrons. The molecular weight excluding hydrogens is 294 g/mol. The molecule has 0 bridgehead atoms. The second-order valence-electron chi connectivity index (χ2n) is 5.10. The van der Waals surface area contributed by atoms with Crippen molar-refractivity contribution in [2.75, 3.05) is 0 Å². The molecule has 0 amide bonds. The molecule has 114 valence electrons. The Morgan fingerprint density at radius 2 is 2.00 bits per heavy atom. The highest BCUT2D eigenvalue weighted by Crippen LogP contribution is 2.19. The molecule has 0 aliphatic carbocycles. The number of imidazole rings is 1. The third-order valence-corrected chi connectivity index (χ3v) is 3.74. The molecule has 0 aromatic carbocycles. The van der Waals surface area contributed by atoms with Crippen LogP contribution in [0.5, 0.6) is 0 Å². The molecule has 0 aliphatic heterocycles. The second-order valence-corrected chi connectivity index (χ2v) is 5.10. The van der Waals surface area contributed by atoms with Crippen molar-refractivity contribution in [1.29, 1.82) is 0 Å². The molecule has 4 aromatic rings. The average Bonchev–Trinajstić information content (AvgIpc) is 3.01. The van der Waals surface area contributed by atoms with Gasteiger partial charge in [-0.3, -0.25) is 13.8 Å². The molecule has 1 atom stereocenters. The van der Waals surface area contributed by atoms with Gasteiger partial charge in [-0.1, -0.05) is 6.92 Å². The van der Waals surface area contributed by atoms with Gasteiger partial charge in [0.25, 0.3) is 5.56 Å². The van der Waals surface area contributed by atoms with E-state index in [1.807, 2.05) is 29.8 Å². The Kier molecular flexibility index (Phi) is 3.07. The molecule has 0 unspecified atom stereocenters. The summed E-state index contributed by atoms with van der Waals surface area (Å²) in [6, 6.07) is 1.60. The van der Waals surface area contributed by atoms with Crippen LogP contribution in [0.25, 0.3) is 16.9 Å². The summed E-state index contributed by atoms with van der Waals surface area (Å²) in [7, 11) is 0. The van der Waals surface area contributed by atoms with Crippen LogP contribution in [0.15, 0.2) is 48.2 Å². The molecule has 23 heavy (non-hydrogen) atoms. The first kappa shape index (κ1) is 13.5. The van der Waals surface area contributed by atoms with Gasteiger partial charge in [-0.15, -0.1) is 0 Å². The van der Waals surface area contributed by atoms with Crippen LogP contribution in [0.2, 0.25) is 0 Å². The maximum absolute atomic E-state index is 12.7. The number of hydrogen-bond donors (Lipinski definition) is 0. The van der Waals surface area contributed by atoms with Gasteiger partial charge in [0.05, 0.1) is 11.7 Å². The maximum atomic E-state index is 12.7. The molecule has 0 saturated heterocycles. The minimum absolute atomic E-state index is 0.222. The van der Waals surface area contributed by atoms with Crippen LogP contribution in [0.1, 0.15) is 25.1 Å². The van der Waals surface area contributed by atoms with Gasteiger partial charge in [0.15, 0.2) is 11.2 Å². The van der Waals surface area contributed by atoms with Crippen LogP contribution < -0.4 is 5.56 Å². The monoisotopic (exact) mass is 307 g/mol. The van der Waals surface area contributed by atoms with E-state index >= 15 is 0 Å². The van der Waals surface area contributed by atoms with E-state index in [0.717, 1.165) is 5.69 Å². The molecule has 4 aromatic heterocycles. The van der Waals surface area contributed by atoms with Crippen LogP contribution >= 0.6 is 0 Å². The lowest BCUT2D eigenvalue weighted by Gasteiger charge is -2.15. The lowest BCUT2D eigenvalue weighted by atomic mass is 10.1. The quantitative estimate of drug-likeness (QED) is 0.565. The topological polar surface area (TPSA) is 90.9 Å². The van der Waals surface area contributed by atoms with E-state index < -0.39 is 0 Å². The summed E-state index contributed by atoms with van der Waals surface area (Å²) in [6.45, 7) is 2.00. The van der Waals surface area contributed by atoms with Crippen molar-refractivity contribution in [3.8, 4) is 0 Å². The summed E-state index contributed by atoms with van der Waals surface area (Å²) in [6.07, 6.45) is 10.6. The average molecular weight is 307 g/mol. The Morgan fingerprint density at radius 1 is 1.13 bits per heavy atom. The van der Waals surface area contributed by atoms with E-state index in [9.17, 15) is 4.79 Å². The largest absolute Gasteiger partial charge is 0.291 e. The number of aromatic nitrogens is 7. The Balaban J connectivity index is 1.89. The van der Waals surface area contributed by atoms with Crippen molar-refractivity contribution in [2.45, 2.75) is 19.4 Å². The highest BCUT2D eigenvalue weighted by atomic mass is 16.1. The summed E-state index contributed by atoms with van der Waals surface area (Å²) in [5, 5.41) is 0. The van der Waals surface area contributed by atoms with Crippen LogP contribution in [0, 0.1) is 0 Å². The van der Waals surface area contributed by atoms with Gasteiger partial charge in [0.1, 0.15) is 6.33 Å². The van der Waals surface area contributed by atoms with Gasteiger partial charge in [-0.25, -0.2) is 24.9 Å². The van der Waals surface area contributed by atoms with E-state index in [0.29, 0.717) is 17.8 Å². The van der Waals surface area contributed by atoms with Crippen LogP contribution in [0.3, 0.4) is 0 Å². The molecule has 0 fully saturated rings. The molecule has 0 N–H and O–H groups in total. The van der Waals surface area contributed by atoms with Crippen molar-refractivity contribution in [2.24, 2.45) is 0 Å². The molecule has 4 heterocycles. The van der Waals surface area contributed by atoms with E-state index in [4.69, 9.17) is 0 Å².